The second kappa shape index (κ2) is 6.64. The average molecular weight is 314 g/mol. The zero-order chi connectivity index (χ0) is 15.4. The summed E-state index contributed by atoms with van der Waals surface area (Å²) in [6.45, 7) is 0.800. The fourth-order valence-corrected chi connectivity index (χ4v) is 2.63. The number of aryl methyl sites for hydroxylation is 1. The van der Waals surface area contributed by atoms with Gasteiger partial charge < -0.3 is 5.32 Å². The summed E-state index contributed by atoms with van der Waals surface area (Å²) in [5.74, 6) is -1.98. The highest BCUT2D eigenvalue weighted by molar-refractivity contribution is 7.14. The number of nitro benzene ring substituents is 1. The maximum atomic E-state index is 14.0. The van der Waals surface area contributed by atoms with E-state index < -0.39 is 22.2 Å². The van der Waals surface area contributed by atoms with Crippen molar-refractivity contribution in [1.29, 1.82) is 0 Å². The molecule has 1 aromatic heterocycles. The Kier molecular flexibility index (Phi) is 4.86. The molecule has 0 atom stereocenters. The molecule has 1 heterocycles. The molecule has 0 unspecified atom stereocenters. The lowest BCUT2D eigenvalue weighted by Crippen LogP contribution is -2.08. The van der Waals surface area contributed by atoms with Gasteiger partial charge in [0, 0.05) is 6.42 Å². The van der Waals surface area contributed by atoms with Crippen LogP contribution < -0.4 is 5.32 Å². The molecule has 0 fully saturated rings. The van der Waals surface area contributed by atoms with Crippen LogP contribution in [-0.4, -0.2) is 28.7 Å². The molecule has 0 saturated heterocycles. The Bertz CT molecular complexity index is 663. The van der Waals surface area contributed by atoms with Crippen LogP contribution in [0.5, 0.6) is 0 Å². The SMILES string of the molecule is CNCCCc1nnc(-c2cc(F)cc([N+](=O)[O-])c2F)s1. The van der Waals surface area contributed by atoms with Gasteiger partial charge in [-0.05, 0) is 26.1 Å². The lowest BCUT2D eigenvalue weighted by molar-refractivity contribution is -0.387. The van der Waals surface area contributed by atoms with Crippen molar-refractivity contribution in [2.75, 3.05) is 13.6 Å². The quantitative estimate of drug-likeness (QED) is 0.503. The average Bonchev–Trinajstić information content (AvgIpc) is 2.89. The number of rotatable bonds is 6. The van der Waals surface area contributed by atoms with Gasteiger partial charge in [0.1, 0.15) is 10.8 Å². The number of nitrogens with zero attached hydrogens (tertiary/aromatic N) is 3. The van der Waals surface area contributed by atoms with Crippen LogP contribution in [0.1, 0.15) is 11.4 Å². The first-order chi connectivity index (χ1) is 10.0. The number of hydrogen-bond donors (Lipinski definition) is 1. The van der Waals surface area contributed by atoms with Crippen molar-refractivity contribution in [2.45, 2.75) is 12.8 Å². The van der Waals surface area contributed by atoms with E-state index in [1.54, 1.807) is 0 Å². The Labute approximate surface area is 123 Å². The molecule has 0 radical (unpaired) electrons. The molecule has 0 spiro atoms. The van der Waals surface area contributed by atoms with Gasteiger partial charge in [-0.25, -0.2) is 4.39 Å². The second-order valence-corrected chi connectivity index (χ2v) is 5.31. The fourth-order valence-electron chi connectivity index (χ4n) is 1.74. The number of nitro groups is 1. The molecule has 112 valence electrons. The van der Waals surface area contributed by atoms with Crippen LogP contribution in [0.15, 0.2) is 12.1 Å². The first kappa shape index (κ1) is 15.4. The molecule has 9 heteroatoms. The van der Waals surface area contributed by atoms with Crippen LogP contribution in [0.2, 0.25) is 0 Å². The van der Waals surface area contributed by atoms with Crippen molar-refractivity contribution in [1.82, 2.24) is 15.5 Å². The third kappa shape index (κ3) is 3.56. The van der Waals surface area contributed by atoms with E-state index in [9.17, 15) is 18.9 Å². The largest absolute Gasteiger partial charge is 0.320 e. The molecule has 0 aliphatic heterocycles. The standard InChI is InChI=1S/C12H12F2N4O2S/c1-15-4-2-3-10-16-17-12(21-10)8-5-7(13)6-9(11(8)14)18(19)20/h5-6,15H,2-4H2,1H3. The molecule has 6 nitrogen and oxygen atoms in total. The zero-order valence-electron chi connectivity index (χ0n) is 11.1. The number of hydrogen-bond acceptors (Lipinski definition) is 6. The fraction of sp³-hybridized carbons (Fsp3) is 0.333. The van der Waals surface area contributed by atoms with Crippen molar-refractivity contribution in [2.24, 2.45) is 0 Å². The van der Waals surface area contributed by atoms with Crippen LogP contribution in [0.3, 0.4) is 0 Å². The third-order valence-corrected chi connectivity index (χ3v) is 3.75. The van der Waals surface area contributed by atoms with Gasteiger partial charge in [-0.2, -0.15) is 4.39 Å². The normalized spacial score (nSPS) is 10.8. The van der Waals surface area contributed by atoms with Gasteiger partial charge in [0.25, 0.3) is 0 Å². The smallest absolute Gasteiger partial charge is 0.308 e. The van der Waals surface area contributed by atoms with Gasteiger partial charge in [0.05, 0.1) is 16.6 Å². The van der Waals surface area contributed by atoms with Crippen LogP contribution in [0.4, 0.5) is 14.5 Å². The molecular weight excluding hydrogens is 302 g/mol. The molecule has 1 N–H and O–H groups in total. The summed E-state index contributed by atoms with van der Waals surface area (Å²) in [5, 5.41) is 22.2. The highest BCUT2D eigenvalue weighted by atomic mass is 32.1. The highest BCUT2D eigenvalue weighted by Gasteiger charge is 2.23. The molecule has 0 aliphatic carbocycles. The summed E-state index contributed by atoms with van der Waals surface area (Å²) in [7, 11) is 1.83. The number of halogens is 2. The Balaban J connectivity index is 2.32. The van der Waals surface area contributed by atoms with Crippen molar-refractivity contribution in [3.8, 4) is 10.6 Å². The van der Waals surface area contributed by atoms with Gasteiger partial charge in [-0.15, -0.1) is 10.2 Å². The molecule has 21 heavy (non-hydrogen) atoms. The summed E-state index contributed by atoms with van der Waals surface area (Å²) >= 11 is 1.10. The maximum Gasteiger partial charge on any atom is 0.308 e. The van der Waals surface area contributed by atoms with Crippen molar-refractivity contribution < 1.29 is 13.7 Å². The van der Waals surface area contributed by atoms with Crippen LogP contribution in [-0.2, 0) is 6.42 Å². The van der Waals surface area contributed by atoms with Crippen molar-refractivity contribution in [3.05, 3.63) is 38.9 Å². The molecule has 0 bridgehead atoms. The summed E-state index contributed by atoms with van der Waals surface area (Å²) in [5.41, 5.74) is -1.14. The topological polar surface area (TPSA) is 81.0 Å². The Morgan fingerprint density at radius 2 is 2.14 bits per heavy atom. The van der Waals surface area contributed by atoms with E-state index in [-0.39, 0.29) is 10.6 Å². The minimum absolute atomic E-state index is 0.134. The van der Waals surface area contributed by atoms with E-state index in [0.29, 0.717) is 17.5 Å². The van der Waals surface area contributed by atoms with Crippen LogP contribution in [0, 0.1) is 21.7 Å². The first-order valence-corrected chi connectivity index (χ1v) is 6.95. The van der Waals surface area contributed by atoms with E-state index in [4.69, 9.17) is 0 Å². The van der Waals surface area contributed by atoms with Gasteiger partial charge in [-0.1, -0.05) is 11.3 Å². The minimum Gasteiger partial charge on any atom is -0.320 e. The highest BCUT2D eigenvalue weighted by Crippen LogP contribution is 2.32. The zero-order valence-corrected chi connectivity index (χ0v) is 11.9. The van der Waals surface area contributed by atoms with Gasteiger partial charge in [0.15, 0.2) is 5.01 Å². The van der Waals surface area contributed by atoms with E-state index in [0.717, 1.165) is 30.4 Å². The van der Waals surface area contributed by atoms with Crippen molar-refractivity contribution >= 4 is 17.0 Å². The number of aromatic nitrogens is 2. The van der Waals surface area contributed by atoms with Crippen molar-refractivity contribution in [3.63, 3.8) is 0 Å². The van der Waals surface area contributed by atoms with E-state index >= 15 is 0 Å². The van der Waals surface area contributed by atoms with Crippen LogP contribution in [0.25, 0.3) is 10.6 Å². The molecule has 0 saturated carbocycles. The summed E-state index contributed by atoms with van der Waals surface area (Å²) in [6.07, 6.45) is 1.48. The van der Waals surface area contributed by atoms with Gasteiger partial charge in [0.2, 0.25) is 5.82 Å². The first-order valence-electron chi connectivity index (χ1n) is 6.13. The Morgan fingerprint density at radius 1 is 1.38 bits per heavy atom. The third-order valence-electron chi connectivity index (χ3n) is 2.73. The molecule has 0 aliphatic rings. The molecular formula is C12H12F2N4O2S. The van der Waals surface area contributed by atoms with E-state index in [2.05, 4.69) is 15.5 Å². The van der Waals surface area contributed by atoms with Gasteiger partial charge >= 0.3 is 5.69 Å². The molecule has 2 rings (SSSR count). The number of nitrogens with one attached hydrogen (secondary N) is 1. The molecule has 2 aromatic rings. The Morgan fingerprint density at radius 3 is 2.81 bits per heavy atom. The second-order valence-electron chi connectivity index (χ2n) is 4.25. The lowest BCUT2D eigenvalue weighted by Gasteiger charge is -2.00. The Hall–Kier alpha value is -2.00. The summed E-state index contributed by atoms with van der Waals surface area (Å²) < 4.78 is 27.4. The monoisotopic (exact) mass is 314 g/mol. The van der Waals surface area contributed by atoms with Crippen LogP contribution >= 0.6 is 11.3 Å². The number of benzene rings is 1. The summed E-state index contributed by atoms with van der Waals surface area (Å²) in [6, 6.07) is 1.44. The van der Waals surface area contributed by atoms with E-state index in [1.165, 1.54) is 0 Å². The van der Waals surface area contributed by atoms with E-state index in [1.807, 2.05) is 7.05 Å². The molecule has 0 amide bonds. The predicted octanol–water partition coefficient (Wildman–Crippen LogP) is 2.54. The summed E-state index contributed by atoms with van der Waals surface area (Å²) in [4.78, 5) is 9.73. The lowest BCUT2D eigenvalue weighted by atomic mass is 10.2. The minimum atomic E-state index is -1.10. The molecule has 1 aromatic carbocycles. The van der Waals surface area contributed by atoms with Gasteiger partial charge in [-0.3, -0.25) is 10.1 Å². The predicted molar refractivity (Wildman–Crippen MR) is 74.2 cm³/mol. The maximum absolute atomic E-state index is 14.0.